The van der Waals surface area contributed by atoms with Crippen molar-refractivity contribution in [2.75, 3.05) is 26.2 Å². The number of fused-ring (bicyclic) bond motifs is 1. The lowest BCUT2D eigenvalue weighted by atomic mass is 10.2. The van der Waals surface area contributed by atoms with Gasteiger partial charge < -0.3 is 4.90 Å². The molecule has 1 fully saturated rings. The second kappa shape index (κ2) is 6.70. The lowest BCUT2D eigenvalue weighted by Gasteiger charge is -2.34. The molecule has 6 nitrogen and oxygen atoms in total. The molecule has 4 rings (SSSR count). The Hall–Kier alpha value is -2.25. The number of carbonyl (C=O) groups is 1. The maximum absolute atomic E-state index is 12.6. The normalized spacial score (nSPS) is 15.9. The smallest absolute Gasteiger partial charge is 0.244 e. The van der Waals surface area contributed by atoms with Crippen LogP contribution in [0.2, 0.25) is 0 Å². The molecule has 1 amide bonds. The van der Waals surface area contributed by atoms with Crippen LogP contribution >= 0.6 is 11.3 Å². The number of nitrogens with zero attached hydrogens (tertiary/aromatic N) is 5. The third-order valence-electron chi connectivity index (χ3n) is 4.42. The van der Waals surface area contributed by atoms with Crippen molar-refractivity contribution in [1.82, 2.24) is 24.8 Å². The van der Waals surface area contributed by atoms with Crippen molar-refractivity contribution < 1.29 is 4.79 Å². The first-order valence-electron chi connectivity index (χ1n) is 8.09. The Morgan fingerprint density at radius 2 is 1.96 bits per heavy atom. The van der Waals surface area contributed by atoms with Crippen LogP contribution in [0.5, 0.6) is 0 Å². The van der Waals surface area contributed by atoms with Crippen molar-refractivity contribution in [1.29, 1.82) is 0 Å². The summed E-state index contributed by atoms with van der Waals surface area (Å²) in [5, 5.41) is 12.5. The minimum Gasteiger partial charge on any atom is -0.339 e. The summed E-state index contributed by atoms with van der Waals surface area (Å²) in [5.74, 6) is 0.112. The Morgan fingerprint density at radius 3 is 2.75 bits per heavy atom. The van der Waals surface area contributed by atoms with Crippen molar-refractivity contribution >= 4 is 28.3 Å². The van der Waals surface area contributed by atoms with E-state index in [0.717, 1.165) is 43.8 Å². The molecular formula is C17H19N5OS. The molecule has 1 aromatic carbocycles. The molecule has 7 heteroatoms. The summed E-state index contributed by atoms with van der Waals surface area (Å²) in [6, 6.07) is 9.89. The van der Waals surface area contributed by atoms with Gasteiger partial charge in [-0.1, -0.05) is 17.3 Å². The highest BCUT2D eigenvalue weighted by Gasteiger charge is 2.22. The molecule has 2 aromatic heterocycles. The molecule has 0 bridgehead atoms. The first kappa shape index (κ1) is 15.3. The largest absolute Gasteiger partial charge is 0.339 e. The van der Waals surface area contributed by atoms with Gasteiger partial charge in [0.1, 0.15) is 12.1 Å². The molecule has 0 spiro atoms. The zero-order valence-corrected chi connectivity index (χ0v) is 14.2. The second-order valence-electron chi connectivity index (χ2n) is 6.02. The molecule has 3 aromatic rings. The highest BCUT2D eigenvalue weighted by atomic mass is 32.1. The van der Waals surface area contributed by atoms with Gasteiger partial charge in [-0.3, -0.25) is 9.69 Å². The van der Waals surface area contributed by atoms with Crippen LogP contribution in [0.1, 0.15) is 5.56 Å². The predicted octanol–water partition coefficient (Wildman–Crippen LogP) is 1.84. The topological polar surface area (TPSA) is 54.3 Å². The molecule has 0 aliphatic carbocycles. The van der Waals surface area contributed by atoms with Crippen LogP contribution in [0.15, 0.2) is 41.1 Å². The molecule has 3 heterocycles. The van der Waals surface area contributed by atoms with E-state index in [-0.39, 0.29) is 12.5 Å². The lowest BCUT2D eigenvalue weighted by molar-refractivity contribution is -0.133. The molecule has 0 radical (unpaired) electrons. The number of hydrogen-bond donors (Lipinski definition) is 0. The third kappa shape index (κ3) is 3.18. The Morgan fingerprint density at radius 1 is 1.12 bits per heavy atom. The number of thiophene rings is 1. The SMILES string of the molecule is O=C(Cn1nnc2ccccc21)N1CCN(Cc2ccsc2)CC1. The lowest BCUT2D eigenvalue weighted by Crippen LogP contribution is -2.49. The zero-order chi connectivity index (χ0) is 16.4. The number of benzene rings is 1. The van der Waals surface area contributed by atoms with Gasteiger partial charge in [0.2, 0.25) is 5.91 Å². The molecule has 124 valence electrons. The standard InChI is InChI=1S/C17H19N5OS/c23-17(12-22-16-4-2-1-3-15(16)18-19-22)21-8-6-20(7-9-21)11-14-5-10-24-13-14/h1-5,10,13H,6-9,11-12H2. The maximum atomic E-state index is 12.6. The summed E-state index contributed by atoms with van der Waals surface area (Å²) >= 11 is 1.73. The Labute approximate surface area is 144 Å². The minimum absolute atomic E-state index is 0.112. The van der Waals surface area contributed by atoms with E-state index in [1.807, 2.05) is 29.2 Å². The van der Waals surface area contributed by atoms with Crippen LogP contribution in [0.3, 0.4) is 0 Å². The summed E-state index contributed by atoms with van der Waals surface area (Å²) < 4.78 is 1.69. The van der Waals surface area contributed by atoms with Crippen LogP contribution in [0, 0.1) is 0 Å². The quantitative estimate of drug-likeness (QED) is 0.727. The number of carbonyl (C=O) groups excluding carboxylic acids is 1. The molecule has 1 aliphatic rings. The number of aromatic nitrogens is 3. The van der Waals surface area contributed by atoms with Crippen molar-refractivity contribution in [2.45, 2.75) is 13.1 Å². The number of para-hydroxylation sites is 1. The number of hydrogen-bond acceptors (Lipinski definition) is 5. The van der Waals surface area contributed by atoms with E-state index in [9.17, 15) is 4.79 Å². The van der Waals surface area contributed by atoms with Crippen molar-refractivity contribution in [2.24, 2.45) is 0 Å². The molecule has 0 atom stereocenters. The predicted molar refractivity (Wildman–Crippen MR) is 93.7 cm³/mol. The van der Waals surface area contributed by atoms with Crippen LogP contribution in [-0.2, 0) is 17.9 Å². The van der Waals surface area contributed by atoms with Crippen LogP contribution in [0.25, 0.3) is 11.0 Å². The fraction of sp³-hybridized carbons (Fsp3) is 0.353. The van der Waals surface area contributed by atoms with Gasteiger partial charge in [0, 0.05) is 32.7 Å². The highest BCUT2D eigenvalue weighted by molar-refractivity contribution is 7.07. The molecule has 0 N–H and O–H groups in total. The van der Waals surface area contributed by atoms with E-state index in [2.05, 4.69) is 32.0 Å². The van der Waals surface area contributed by atoms with Gasteiger partial charge in [-0.25, -0.2) is 4.68 Å². The first-order chi connectivity index (χ1) is 11.8. The summed E-state index contributed by atoms with van der Waals surface area (Å²) in [4.78, 5) is 16.9. The average molecular weight is 341 g/mol. The highest BCUT2D eigenvalue weighted by Crippen LogP contribution is 2.13. The van der Waals surface area contributed by atoms with Gasteiger partial charge in [0.15, 0.2) is 0 Å². The van der Waals surface area contributed by atoms with E-state index in [0.29, 0.717) is 0 Å². The summed E-state index contributed by atoms with van der Waals surface area (Å²) in [6.45, 7) is 4.61. The second-order valence-corrected chi connectivity index (χ2v) is 6.80. The van der Waals surface area contributed by atoms with Gasteiger partial charge >= 0.3 is 0 Å². The number of piperazine rings is 1. The molecule has 0 saturated carbocycles. The van der Waals surface area contributed by atoms with Crippen molar-refractivity contribution in [3.05, 3.63) is 46.7 Å². The van der Waals surface area contributed by atoms with E-state index in [4.69, 9.17) is 0 Å². The molecule has 1 saturated heterocycles. The van der Waals surface area contributed by atoms with E-state index in [1.165, 1.54) is 5.56 Å². The fourth-order valence-electron chi connectivity index (χ4n) is 3.06. The van der Waals surface area contributed by atoms with Gasteiger partial charge in [0.25, 0.3) is 0 Å². The van der Waals surface area contributed by atoms with Crippen LogP contribution in [-0.4, -0.2) is 56.9 Å². The van der Waals surface area contributed by atoms with Crippen LogP contribution < -0.4 is 0 Å². The Balaban J connectivity index is 1.34. The molecule has 24 heavy (non-hydrogen) atoms. The van der Waals surface area contributed by atoms with Gasteiger partial charge in [-0.05, 0) is 34.5 Å². The fourth-order valence-corrected chi connectivity index (χ4v) is 3.72. The van der Waals surface area contributed by atoms with E-state index < -0.39 is 0 Å². The molecular weight excluding hydrogens is 322 g/mol. The minimum atomic E-state index is 0.112. The summed E-state index contributed by atoms with van der Waals surface area (Å²) in [5.41, 5.74) is 3.08. The van der Waals surface area contributed by atoms with Crippen molar-refractivity contribution in [3.63, 3.8) is 0 Å². The Bertz CT molecular complexity index is 821. The molecule has 1 aliphatic heterocycles. The summed E-state index contributed by atoms with van der Waals surface area (Å²) in [6.07, 6.45) is 0. The monoisotopic (exact) mass is 341 g/mol. The third-order valence-corrected chi connectivity index (χ3v) is 5.15. The van der Waals surface area contributed by atoms with Gasteiger partial charge in [-0.2, -0.15) is 11.3 Å². The average Bonchev–Trinajstić information content (AvgIpc) is 3.26. The van der Waals surface area contributed by atoms with Crippen LogP contribution in [0.4, 0.5) is 0 Å². The van der Waals surface area contributed by atoms with Gasteiger partial charge in [0.05, 0.1) is 5.52 Å². The van der Waals surface area contributed by atoms with E-state index in [1.54, 1.807) is 16.0 Å². The number of rotatable bonds is 4. The Kier molecular flexibility index (Phi) is 4.27. The summed E-state index contributed by atoms with van der Waals surface area (Å²) in [7, 11) is 0. The molecule has 0 unspecified atom stereocenters. The number of amides is 1. The van der Waals surface area contributed by atoms with E-state index >= 15 is 0 Å². The van der Waals surface area contributed by atoms with Gasteiger partial charge in [-0.15, -0.1) is 5.10 Å². The zero-order valence-electron chi connectivity index (χ0n) is 13.3. The van der Waals surface area contributed by atoms with Crippen molar-refractivity contribution in [3.8, 4) is 0 Å². The first-order valence-corrected chi connectivity index (χ1v) is 9.03. The maximum Gasteiger partial charge on any atom is 0.244 e.